The lowest BCUT2D eigenvalue weighted by Gasteiger charge is -2.34. The van der Waals surface area contributed by atoms with Crippen LogP contribution in [0.4, 0.5) is 5.82 Å². The molecule has 8 nitrogen and oxygen atoms in total. The van der Waals surface area contributed by atoms with Gasteiger partial charge in [-0.3, -0.25) is 4.79 Å². The Morgan fingerprint density at radius 2 is 2.18 bits per heavy atom. The van der Waals surface area contributed by atoms with E-state index < -0.39 is 0 Å². The molecule has 0 aromatic carbocycles. The first-order valence-electron chi connectivity index (χ1n) is 11.5. The van der Waals surface area contributed by atoms with E-state index in [2.05, 4.69) is 28.5 Å². The predicted octanol–water partition coefficient (Wildman–Crippen LogP) is 3.98. The van der Waals surface area contributed by atoms with Crippen molar-refractivity contribution in [1.82, 2.24) is 24.5 Å². The molecule has 5 rings (SSSR count). The van der Waals surface area contributed by atoms with Crippen LogP contribution in [0.15, 0.2) is 35.6 Å². The molecule has 2 fully saturated rings. The second-order valence-corrected chi connectivity index (χ2v) is 9.38. The largest absolute Gasteiger partial charge is 0.356 e. The van der Waals surface area contributed by atoms with Crippen molar-refractivity contribution in [1.29, 1.82) is 0 Å². The van der Waals surface area contributed by atoms with Gasteiger partial charge in [0, 0.05) is 50.2 Å². The van der Waals surface area contributed by atoms with Crippen LogP contribution in [-0.4, -0.2) is 63.3 Å². The summed E-state index contributed by atoms with van der Waals surface area (Å²) >= 11 is 6.27. The average molecular weight is 466 g/mol. The fourth-order valence-corrected chi connectivity index (χ4v) is 5.22. The molecule has 3 aromatic heterocycles. The molecule has 0 spiro atoms. The van der Waals surface area contributed by atoms with Gasteiger partial charge < -0.3 is 14.8 Å². The number of amides is 1. The number of anilines is 1. The number of fused-ring (bicyclic) bond motifs is 1. The van der Waals surface area contributed by atoms with Gasteiger partial charge in [0.05, 0.1) is 16.8 Å². The lowest BCUT2D eigenvalue weighted by Crippen LogP contribution is -2.39. The molecule has 3 aromatic rings. The highest BCUT2D eigenvalue weighted by Crippen LogP contribution is 2.33. The predicted molar refractivity (Wildman–Crippen MR) is 129 cm³/mol. The number of aromatic nitrogens is 4. The van der Waals surface area contributed by atoms with Crippen LogP contribution in [0.5, 0.6) is 0 Å². The molecule has 172 valence electrons. The SMILES string of the molecule is C=NCC1CCN(c2nc3cc(C4CCCCN4C(=O)c4ncccc4Cl)nn3cc2C)C1. The van der Waals surface area contributed by atoms with Crippen LogP contribution in [0, 0.1) is 12.8 Å². The Labute approximate surface area is 198 Å². The Morgan fingerprint density at radius 1 is 1.30 bits per heavy atom. The Balaban J connectivity index is 1.44. The molecule has 2 aliphatic rings. The summed E-state index contributed by atoms with van der Waals surface area (Å²) in [6.07, 6.45) is 7.59. The van der Waals surface area contributed by atoms with E-state index in [9.17, 15) is 4.79 Å². The molecule has 0 aliphatic carbocycles. The summed E-state index contributed by atoms with van der Waals surface area (Å²) in [6, 6.07) is 5.33. The number of carbonyl (C=O) groups excluding carboxylic acids is 1. The van der Waals surface area contributed by atoms with Crippen molar-refractivity contribution >= 4 is 35.7 Å². The molecule has 0 saturated carbocycles. The van der Waals surface area contributed by atoms with E-state index in [0.717, 1.165) is 68.0 Å². The molecule has 2 unspecified atom stereocenters. The zero-order valence-electron chi connectivity index (χ0n) is 18.8. The van der Waals surface area contributed by atoms with Crippen LogP contribution in [0.25, 0.3) is 5.65 Å². The molecule has 33 heavy (non-hydrogen) atoms. The summed E-state index contributed by atoms with van der Waals surface area (Å²) in [5, 5.41) is 5.20. The first-order chi connectivity index (χ1) is 16.0. The molecule has 2 atom stereocenters. The Hall–Kier alpha value is -3.00. The van der Waals surface area contributed by atoms with Crippen molar-refractivity contribution in [3.63, 3.8) is 0 Å². The quantitative estimate of drug-likeness (QED) is 0.532. The van der Waals surface area contributed by atoms with Crippen LogP contribution in [-0.2, 0) is 0 Å². The standard InChI is InChI=1S/C24H28ClN7O/c1-16-14-32-21(28-23(16)30-11-8-17(15-30)13-26-2)12-19(29-32)20-7-3-4-10-31(20)24(33)22-18(25)6-5-9-27-22/h5-6,9,12,14,17,20H,2-4,7-8,10-11,13,15H2,1H3. The summed E-state index contributed by atoms with van der Waals surface area (Å²) in [5.41, 5.74) is 3.03. The normalized spacial score (nSPS) is 21.0. The minimum Gasteiger partial charge on any atom is -0.356 e. The van der Waals surface area contributed by atoms with Gasteiger partial charge in [-0.2, -0.15) is 5.10 Å². The molecule has 0 bridgehead atoms. The summed E-state index contributed by atoms with van der Waals surface area (Å²) in [7, 11) is 0. The highest BCUT2D eigenvalue weighted by atomic mass is 35.5. The second kappa shape index (κ2) is 9.09. The maximum absolute atomic E-state index is 13.3. The third-order valence-corrected chi connectivity index (χ3v) is 6.97. The number of hydrogen-bond acceptors (Lipinski definition) is 6. The summed E-state index contributed by atoms with van der Waals surface area (Å²) < 4.78 is 1.83. The van der Waals surface area contributed by atoms with Crippen LogP contribution in [0.3, 0.4) is 0 Å². The third kappa shape index (κ3) is 4.19. The van der Waals surface area contributed by atoms with E-state index in [0.29, 0.717) is 23.2 Å². The zero-order chi connectivity index (χ0) is 22.9. The number of aliphatic imine (C=N–C) groups is 1. The van der Waals surface area contributed by atoms with Crippen molar-refractivity contribution in [3.8, 4) is 0 Å². The lowest BCUT2D eigenvalue weighted by atomic mass is 9.99. The number of pyridine rings is 1. The maximum Gasteiger partial charge on any atom is 0.274 e. The molecule has 0 N–H and O–H groups in total. The van der Waals surface area contributed by atoms with Crippen LogP contribution in [0.1, 0.15) is 53.5 Å². The number of nitrogens with zero attached hydrogens (tertiary/aromatic N) is 7. The topological polar surface area (TPSA) is 79.0 Å². The van der Waals surface area contributed by atoms with E-state index in [1.54, 1.807) is 18.3 Å². The van der Waals surface area contributed by atoms with E-state index in [-0.39, 0.29) is 11.9 Å². The number of aryl methyl sites for hydroxylation is 1. The second-order valence-electron chi connectivity index (χ2n) is 8.97. The third-order valence-electron chi connectivity index (χ3n) is 6.66. The van der Waals surface area contributed by atoms with Gasteiger partial charge in [-0.1, -0.05) is 11.6 Å². The number of hydrogen-bond donors (Lipinski definition) is 0. The average Bonchev–Trinajstić information content (AvgIpc) is 3.45. The highest BCUT2D eigenvalue weighted by molar-refractivity contribution is 6.33. The fourth-order valence-electron chi connectivity index (χ4n) is 5.02. The van der Waals surface area contributed by atoms with Crippen molar-refractivity contribution in [2.75, 3.05) is 31.1 Å². The van der Waals surface area contributed by atoms with E-state index in [4.69, 9.17) is 21.7 Å². The first kappa shape index (κ1) is 21.8. The van der Waals surface area contributed by atoms with Crippen molar-refractivity contribution < 1.29 is 4.79 Å². The van der Waals surface area contributed by atoms with Crippen LogP contribution in [0.2, 0.25) is 5.02 Å². The minimum absolute atomic E-state index is 0.121. The van der Waals surface area contributed by atoms with Gasteiger partial charge in [0.25, 0.3) is 5.91 Å². The van der Waals surface area contributed by atoms with Crippen molar-refractivity contribution in [2.24, 2.45) is 10.9 Å². The Morgan fingerprint density at radius 3 is 3.00 bits per heavy atom. The van der Waals surface area contributed by atoms with E-state index in [1.807, 2.05) is 21.7 Å². The summed E-state index contributed by atoms with van der Waals surface area (Å²) in [6.45, 7) is 9.08. The van der Waals surface area contributed by atoms with Gasteiger partial charge in [-0.15, -0.1) is 0 Å². The molecular formula is C24H28ClN7O. The molecule has 1 amide bonds. The molecule has 2 aliphatic heterocycles. The van der Waals surface area contributed by atoms with Gasteiger partial charge in [-0.05, 0) is 57.4 Å². The number of rotatable bonds is 5. The minimum atomic E-state index is -0.147. The van der Waals surface area contributed by atoms with Gasteiger partial charge in [-0.25, -0.2) is 14.5 Å². The molecule has 9 heteroatoms. The first-order valence-corrected chi connectivity index (χ1v) is 11.9. The summed E-state index contributed by atoms with van der Waals surface area (Å²) in [5.74, 6) is 1.38. The Kier molecular flexibility index (Phi) is 6.01. The monoisotopic (exact) mass is 465 g/mol. The number of piperidine rings is 1. The fraction of sp³-hybridized carbons (Fsp3) is 0.458. The number of carbonyl (C=O) groups is 1. The smallest absolute Gasteiger partial charge is 0.274 e. The number of halogens is 1. The van der Waals surface area contributed by atoms with Gasteiger partial charge >= 0.3 is 0 Å². The Bertz CT molecular complexity index is 1190. The van der Waals surface area contributed by atoms with Gasteiger partial charge in [0.15, 0.2) is 5.65 Å². The van der Waals surface area contributed by atoms with Crippen LogP contribution < -0.4 is 4.90 Å². The molecule has 5 heterocycles. The molecule has 0 radical (unpaired) electrons. The summed E-state index contributed by atoms with van der Waals surface area (Å²) in [4.78, 5) is 30.7. The van der Waals surface area contributed by atoms with E-state index in [1.165, 1.54) is 0 Å². The van der Waals surface area contributed by atoms with E-state index >= 15 is 0 Å². The number of likely N-dealkylation sites (tertiary alicyclic amines) is 1. The zero-order valence-corrected chi connectivity index (χ0v) is 19.6. The molecular weight excluding hydrogens is 438 g/mol. The van der Waals surface area contributed by atoms with Gasteiger partial charge in [0.2, 0.25) is 0 Å². The van der Waals surface area contributed by atoms with Crippen molar-refractivity contribution in [3.05, 3.63) is 52.6 Å². The lowest BCUT2D eigenvalue weighted by molar-refractivity contribution is 0.0600. The molecule has 2 saturated heterocycles. The van der Waals surface area contributed by atoms with Gasteiger partial charge in [0.1, 0.15) is 11.5 Å². The van der Waals surface area contributed by atoms with Crippen molar-refractivity contribution in [2.45, 2.75) is 38.6 Å². The maximum atomic E-state index is 13.3. The highest BCUT2D eigenvalue weighted by Gasteiger charge is 2.32. The van der Waals surface area contributed by atoms with Crippen LogP contribution >= 0.6 is 11.6 Å².